The van der Waals surface area contributed by atoms with Gasteiger partial charge < -0.3 is 0 Å². The van der Waals surface area contributed by atoms with Crippen LogP contribution < -0.4 is 0 Å². The number of pyridine rings is 1. The molecule has 0 bridgehead atoms. The van der Waals surface area contributed by atoms with Gasteiger partial charge in [-0.25, -0.2) is 18.2 Å². The molecule has 2 aromatic heterocycles. The Hall–Kier alpha value is -3.34. The minimum Gasteiger partial charge on any atom is -0.292 e. The van der Waals surface area contributed by atoms with Crippen molar-refractivity contribution in [1.82, 2.24) is 9.38 Å². The van der Waals surface area contributed by atoms with E-state index < -0.39 is 11.6 Å². The van der Waals surface area contributed by atoms with E-state index in [1.807, 2.05) is 56.4 Å². The molecule has 32 heavy (non-hydrogen) atoms. The SMILES string of the molecule is CC(C)c1cc(F)cc(C(C)C)c1-c1cnc2c3ccccc3c3cc(F)c(F)cc3n12. The summed E-state index contributed by atoms with van der Waals surface area (Å²) in [7, 11) is 0. The van der Waals surface area contributed by atoms with E-state index in [0.29, 0.717) is 16.6 Å². The van der Waals surface area contributed by atoms with E-state index in [2.05, 4.69) is 0 Å². The van der Waals surface area contributed by atoms with Crippen LogP contribution in [0.3, 0.4) is 0 Å². The maximum absolute atomic E-state index is 14.5. The van der Waals surface area contributed by atoms with Crippen LogP contribution in [0, 0.1) is 17.5 Å². The van der Waals surface area contributed by atoms with Crippen LogP contribution >= 0.6 is 0 Å². The van der Waals surface area contributed by atoms with Crippen molar-refractivity contribution in [3.8, 4) is 11.3 Å². The van der Waals surface area contributed by atoms with Gasteiger partial charge in [0.1, 0.15) is 11.5 Å². The van der Waals surface area contributed by atoms with Crippen molar-refractivity contribution in [3.63, 3.8) is 0 Å². The lowest BCUT2D eigenvalue weighted by Crippen LogP contribution is -2.04. The summed E-state index contributed by atoms with van der Waals surface area (Å²) in [4.78, 5) is 4.70. The number of imidazole rings is 1. The zero-order valence-corrected chi connectivity index (χ0v) is 18.4. The lowest BCUT2D eigenvalue weighted by Gasteiger charge is -2.21. The Bertz CT molecular complexity index is 1480. The molecule has 0 fully saturated rings. The van der Waals surface area contributed by atoms with Crippen molar-refractivity contribution in [3.05, 3.63) is 83.3 Å². The molecule has 2 heterocycles. The molecule has 3 aromatic carbocycles. The van der Waals surface area contributed by atoms with Gasteiger partial charge >= 0.3 is 0 Å². The predicted octanol–water partition coefficient (Wildman–Crippen LogP) is 7.97. The fourth-order valence-corrected chi connectivity index (χ4v) is 4.67. The van der Waals surface area contributed by atoms with Crippen molar-refractivity contribution in [2.75, 3.05) is 0 Å². The molecule has 0 saturated heterocycles. The van der Waals surface area contributed by atoms with Crippen LogP contribution in [0.25, 0.3) is 38.6 Å². The first-order chi connectivity index (χ1) is 15.3. The number of fused-ring (bicyclic) bond motifs is 6. The maximum atomic E-state index is 14.5. The van der Waals surface area contributed by atoms with Crippen molar-refractivity contribution in [1.29, 1.82) is 0 Å². The highest BCUT2D eigenvalue weighted by atomic mass is 19.2. The zero-order valence-electron chi connectivity index (χ0n) is 18.4. The van der Waals surface area contributed by atoms with E-state index >= 15 is 0 Å². The Kier molecular flexibility index (Phi) is 4.73. The summed E-state index contributed by atoms with van der Waals surface area (Å²) >= 11 is 0. The van der Waals surface area contributed by atoms with Crippen molar-refractivity contribution in [2.24, 2.45) is 0 Å². The van der Waals surface area contributed by atoms with E-state index in [-0.39, 0.29) is 17.7 Å². The predicted molar refractivity (Wildman–Crippen MR) is 124 cm³/mol. The van der Waals surface area contributed by atoms with Gasteiger partial charge in [0.25, 0.3) is 0 Å². The molecule has 5 aromatic rings. The number of hydrogen-bond acceptors (Lipinski definition) is 1. The smallest absolute Gasteiger partial charge is 0.160 e. The molecule has 0 spiro atoms. The standard InChI is InChI=1S/C27H23F3N2/c1-14(2)19-9-16(28)10-20(15(3)4)26(19)25-13-31-27-18-8-6-5-7-17(18)21-11-22(29)23(30)12-24(21)32(25)27/h5-15H,1-4H3. The second kappa shape index (κ2) is 7.37. The van der Waals surface area contributed by atoms with Crippen LogP contribution in [0.1, 0.15) is 50.7 Å². The fraction of sp³-hybridized carbons (Fsp3) is 0.222. The zero-order chi connectivity index (χ0) is 22.7. The van der Waals surface area contributed by atoms with E-state index in [1.165, 1.54) is 12.1 Å². The highest BCUT2D eigenvalue weighted by Gasteiger charge is 2.23. The first-order valence-electron chi connectivity index (χ1n) is 10.8. The summed E-state index contributed by atoms with van der Waals surface area (Å²) in [5.74, 6) is -1.97. The quantitative estimate of drug-likeness (QED) is 0.264. The topological polar surface area (TPSA) is 17.3 Å². The molecule has 0 aliphatic heterocycles. The average molecular weight is 432 g/mol. The lowest BCUT2D eigenvalue weighted by molar-refractivity contribution is 0.510. The van der Waals surface area contributed by atoms with Crippen molar-refractivity contribution in [2.45, 2.75) is 39.5 Å². The molecule has 162 valence electrons. The average Bonchev–Trinajstić information content (AvgIpc) is 3.19. The second-order valence-corrected chi connectivity index (χ2v) is 8.90. The Morgan fingerprint density at radius 2 is 1.34 bits per heavy atom. The third-order valence-electron chi connectivity index (χ3n) is 6.16. The number of aromatic nitrogens is 2. The summed E-state index contributed by atoms with van der Waals surface area (Å²) in [5, 5.41) is 2.25. The first-order valence-corrected chi connectivity index (χ1v) is 10.8. The number of rotatable bonds is 3. The molecule has 5 heteroatoms. The van der Waals surface area contributed by atoms with E-state index in [0.717, 1.165) is 33.2 Å². The van der Waals surface area contributed by atoms with Gasteiger partial charge in [0.15, 0.2) is 11.6 Å². The third kappa shape index (κ3) is 2.99. The number of nitrogens with zero attached hydrogens (tertiary/aromatic N) is 2. The molecule has 0 radical (unpaired) electrons. The molecule has 0 atom stereocenters. The van der Waals surface area contributed by atoms with E-state index in [9.17, 15) is 13.2 Å². The van der Waals surface area contributed by atoms with Gasteiger partial charge in [0.2, 0.25) is 0 Å². The van der Waals surface area contributed by atoms with Crippen LogP contribution in [-0.4, -0.2) is 9.38 Å². The number of benzene rings is 3. The Labute approximate surface area is 184 Å². The second-order valence-electron chi connectivity index (χ2n) is 8.90. The number of hydrogen-bond donors (Lipinski definition) is 0. The van der Waals surface area contributed by atoms with Gasteiger partial charge in [-0.05, 0) is 46.5 Å². The molecular formula is C27H23F3N2. The van der Waals surface area contributed by atoms with E-state index in [1.54, 1.807) is 18.3 Å². The van der Waals surface area contributed by atoms with Gasteiger partial charge in [-0.15, -0.1) is 0 Å². The van der Waals surface area contributed by atoms with Gasteiger partial charge in [-0.2, -0.15) is 0 Å². The largest absolute Gasteiger partial charge is 0.292 e. The number of halogens is 3. The summed E-state index contributed by atoms with van der Waals surface area (Å²) in [5.41, 5.74) is 4.54. The molecule has 2 nitrogen and oxygen atoms in total. The Morgan fingerprint density at radius 1 is 0.750 bits per heavy atom. The molecule has 0 aliphatic carbocycles. The van der Waals surface area contributed by atoms with Crippen molar-refractivity contribution >= 4 is 27.3 Å². The molecule has 0 aliphatic rings. The normalized spacial score (nSPS) is 12.2. The molecular weight excluding hydrogens is 409 g/mol. The summed E-state index contributed by atoms with van der Waals surface area (Å²) in [6.45, 7) is 8.09. The fourth-order valence-electron chi connectivity index (χ4n) is 4.67. The lowest BCUT2D eigenvalue weighted by atomic mass is 9.87. The Balaban J connectivity index is 2.03. The highest BCUT2D eigenvalue weighted by molar-refractivity contribution is 6.12. The summed E-state index contributed by atoms with van der Waals surface area (Å²) < 4.78 is 45.1. The Morgan fingerprint density at radius 3 is 1.97 bits per heavy atom. The van der Waals surface area contributed by atoms with Crippen LogP contribution in [0.15, 0.2) is 54.7 Å². The van der Waals surface area contributed by atoms with Gasteiger partial charge in [-0.1, -0.05) is 52.0 Å². The third-order valence-corrected chi connectivity index (χ3v) is 6.16. The van der Waals surface area contributed by atoms with E-state index in [4.69, 9.17) is 4.98 Å². The molecule has 0 saturated carbocycles. The summed E-state index contributed by atoms with van der Waals surface area (Å²) in [6.07, 6.45) is 1.76. The van der Waals surface area contributed by atoms with Crippen LogP contribution in [0.5, 0.6) is 0 Å². The van der Waals surface area contributed by atoms with Gasteiger partial charge in [0, 0.05) is 22.4 Å². The molecule has 0 amide bonds. The summed E-state index contributed by atoms with van der Waals surface area (Å²) in [6, 6.07) is 13.2. The van der Waals surface area contributed by atoms with Crippen LogP contribution in [-0.2, 0) is 0 Å². The minimum atomic E-state index is -0.916. The monoisotopic (exact) mass is 432 g/mol. The van der Waals surface area contributed by atoms with Crippen molar-refractivity contribution < 1.29 is 13.2 Å². The molecule has 0 unspecified atom stereocenters. The highest BCUT2D eigenvalue weighted by Crippen LogP contribution is 2.40. The minimum absolute atomic E-state index is 0.0599. The van der Waals surface area contributed by atoms with Crippen LogP contribution in [0.2, 0.25) is 0 Å². The maximum Gasteiger partial charge on any atom is 0.160 e. The first kappa shape index (κ1) is 20.6. The molecule has 5 rings (SSSR count). The molecule has 0 N–H and O–H groups in total. The van der Waals surface area contributed by atoms with Gasteiger partial charge in [0.05, 0.1) is 17.4 Å². The van der Waals surface area contributed by atoms with Gasteiger partial charge in [-0.3, -0.25) is 4.40 Å². The van der Waals surface area contributed by atoms with Crippen LogP contribution in [0.4, 0.5) is 13.2 Å².